The first-order valence-corrected chi connectivity index (χ1v) is 7.73. The Hall–Kier alpha value is -2.30. The zero-order chi connectivity index (χ0) is 15.3. The number of nitrogens with zero attached hydrogens (tertiary/aromatic N) is 1. The molecule has 2 rings (SSSR count). The van der Waals surface area contributed by atoms with E-state index in [9.17, 15) is 8.42 Å². The number of aromatic amines is 1. The summed E-state index contributed by atoms with van der Waals surface area (Å²) in [5, 5.41) is 14.7. The predicted octanol–water partition coefficient (Wildman–Crippen LogP) is 1.25. The van der Waals surface area contributed by atoms with Crippen molar-refractivity contribution in [2.45, 2.75) is 18.4 Å². The number of H-pyrrole nitrogens is 1. The molecule has 3 N–H and O–H groups in total. The number of nitrogens with one attached hydrogen (secondary N) is 2. The second-order valence-electron chi connectivity index (χ2n) is 4.39. The van der Waals surface area contributed by atoms with Crippen molar-refractivity contribution >= 4 is 15.7 Å². The van der Waals surface area contributed by atoms with Gasteiger partial charge in [-0.1, -0.05) is 11.8 Å². The van der Waals surface area contributed by atoms with E-state index in [1.807, 2.05) is 13.0 Å². The molecule has 0 amide bonds. The largest absolute Gasteiger partial charge is 0.395 e. The van der Waals surface area contributed by atoms with Gasteiger partial charge in [0.05, 0.1) is 18.5 Å². The molecule has 0 aliphatic heterocycles. The first kappa shape index (κ1) is 15.1. The maximum atomic E-state index is 12.1. The summed E-state index contributed by atoms with van der Waals surface area (Å²) in [5.41, 5.74) is 2.00. The lowest BCUT2D eigenvalue weighted by Gasteiger charge is -2.07. The van der Waals surface area contributed by atoms with Gasteiger partial charge >= 0.3 is 0 Å². The third-order valence-electron chi connectivity index (χ3n) is 2.56. The van der Waals surface area contributed by atoms with Crippen LogP contribution in [0.3, 0.4) is 0 Å². The van der Waals surface area contributed by atoms with Crippen molar-refractivity contribution < 1.29 is 13.5 Å². The lowest BCUT2D eigenvalue weighted by atomic mass is 10.1. The number of hydrogen-bond donors (Lipinski definition) is 3. The summed E-state index contributed by atoms with van der Waals surface area (Å²) in [6, 6.07) is 6.58. The van der Waals surface area contributed by atoms with Crippen LogP contribution >= 0.6 is 0 Å². The molecule has 0 bridgehead atoms. The first-order chi connectivity index (χ1) is 10.0. The summed E-state index contributed by atoms with van der Waals surface area (Å²) in [6.45, 7) is 1.85. The molecule has 0 saturated carbocycles. The second kappa shape index (κ2) is 6.43. The monoisotopic (exact) mass is 305 g/mol. The lowest BCUT2D eigenvalue weighted by Crippen LogP contribution is -2.13. The summed E-state index contributed by atoms with van der Waals surface area (Å²) >= 11 is 0. The molecule has 0 saturated heterocycles. The molecule has 2 aromatic rings. The number of anilines is 1. The maximum Gasteiger partial charge on any atom is 0.278 e. The van der Waals surface area contributed by atoms with Crippen molar-refractivity contribution in [2.24, 2.45) is 0 Å². The van der Waals surface area contributed by atoms with E-state index in [-0.39, 0.29) is 11.6 Å². The predicted molar refractivity (Wildman–Crippen MR) is 79.2 cm³/mol. The van der Waals surface area contributed by atoms with E-state index >= 15 is 0 Å². The molecule has 0 atom stereocenters. The van der Waals surface area contributed by atoms with Gasteiger partial charge < -0.3 is 5.11 Å². The molecule has 0 spiro atoms. The molecule has 1 aromatic heterocycles. The van der Waals surface area contributed by atoms with Crippen molar-refractivity contribution in [2.75, 3.05) is 11.3 Å². The minimum absolute atomic E-state index is 0.00186. The van der Waals surface area contributed by atoms with E-state index in [0.29, 0.717) is 17.7 Å². The number of benzene rings is 1. The average Bonchev–Trinajstić information content (AvgIpc) is 2.92. The Balaban J connectivity index is 2.27. The Labute approximate surface area is 123 Å². The molecular formula is C14H15N3O3S. The van der Waals surface area contributed by atoms with Crippen LogP contribution in [-0.4, -0.2) is 30.3 Å². The Morgan fingerprint density at radius 1 is 1.38 bits per heavy atom. The van der Waals surface area contributed by atoms with Gasteiger partial charge in [-0.25, -0.2) is 0 Å². The molecule has 21 heavy (non-hydrogen) atoms. The van der Waals surface area contributed by atoms with E-state index < -0.39 is 10.0 Å². The molecule has 0 aliphatic carbocycles. The highest BCUT2D eigenvalue weighted by Gasteiger charge is 2.15. The van der Waals surface area contributed by atoms with Crippen molar-refractivity contribution in [3.63, 3.8) is 0 Å². The average molecular weight is 305 g/mol. The fraction of sp³-hybridized carbons (Fsp3) is 0.214. The molecule has 1 heterocycles. The number of sulfonamides is 1. The maximum absolute atomic E-state index is 12.1. The van der Waals surface area contributed by atoms with Crippen molar-refractivity contribution in [3.05, 3.63) is 41.6 Å². The van der Waals surface area contributed by atoms with Crippen LogP contribution in [0.15, 0.2) is 35.5 Å². The normalized spacial score (nSPS) is 10.8. The van der Waals surface area contributed by atoms with Gasteiger partial charge in [0.15, 0.2) is 5.03 Å². The van der Waals surface area contributed by atoms with E-state index in [2.05, 4.69) is 26.8 Å². The van der Waals surface area contributed by atoms with E-state index in [1.165, 1.54) is 12.3 Å². The third-order valence-corrected chi connectivity index (χ3v) is 3.87. The van der Waals surface area contributed by atoms with Crippen LogP contribution in [-0.2, 0) is 10.0 Å². The Morgan fingerprint density at radius 2 is 2.19 bits per heavy atom. The van der Waals surface area contributed by atoms with Crippen LogP contribution in [0.1, 0.15) is 17.5 Å². The van der Waals surface area contributed by atoms with E-state index in [4.69, 9.17) is 5.11 Å². The number of aromatic nitrogens is 2. The van der Waals surface area contributed by atoms with Crippen LogP contribution in [0.5, 0.6) is 0 Å². The third kappa shape index (κ3) is 4.08. The molecule has 6 nitrogen and oxygen atoms in total. The van der Waals surface area contributed by atoms with Crippen LogP contribution < -0.4 is 4.72 Å². The molecule has 7 heteroatoms. The number of aliphatic hydroxyl groups excluding tert-OH is 1. The summed E-state index contributed by atoms with van der Waals surface area (Å²) < 4.78 is 26.7. The number of hydrogen-bond acceptors (Lipinski definition) is 4. The van der Waals surface area contributed by atoms with Gasteiger partial charge in [0.25, 0.3) is 10.0 Å². The first-order valence-electron chi connectivity index (χ1n) is 6.25. The van der Waals surface area contributed by atoms with Gasteiger partial charge in [-0.2, -0.15) is 13.5 Å². The zero-order valence-electron chi connectivity index (χ0n) is 11.4. The van der Waals surface area contributed by atoms with Crippen molar-refractivity contribution in [1.29, 1.82) is 0 Å². The van der Waals surface area contributed by atoms with Gasteiger partial charge in [-0.05, 0) is 36.8 Å². The van der Waals surface area contributed by atoms with E-state index in [1.54, 1.807) is 12.1 Å². The van der Waals surface area contributed by atoms with Gasteiger partial charge in [0.2, 0.25) is 0 Å². The SMILES string of the molecule is Cc1cc(C#CCCO)cc(NS(=O)(=O)c2ccn[nH]2)c1. The second-order valence-corrected chi connectivity index (χ2v) is 6.04. The summed E-state index contributed by atoms with van der Waals surface area (Å²) in [4.78, 5) is 0. The minimum Gasteiger partial charge on any atom is -0.395 e. The standard InChI is InChI=1S/C14H15N3O3S/c1-11-8-12(4-2-3-7-18)10-13(9-11)17-21(19,20)14-5-6-15-16-14/h5-6,8-10,17-18H,3,7H2,1H3,(H,15,16). The Morgan fingerprint density at radius 3 is 2.86 bits per heavy atom. The zero-order valence-corrected chi connectivity index (χ0v) is 12.2. The van der Waals surface area contributed by atoms with Crippen LogP contribution in [0.2, 0.25) is 0 Å². The number of aryl methyl sites for hydroxylation is 1. The quantitative estimate of drug-likeness (QED) is 0.741. The summed E-state index contributed by atoms with van der Waals surface area (Å²) in [7, 11) is -3.68. The van der Waals surface area contributed by atoms with Gasteiger partial charge in [-0.3, -0.25) is 9.82 Å². The van der Waals surface area contributed by atoms with Gasteiger partial charge in [-0.15, -0.1) is 0 Å². The molecule has 0 fully saturated rings. The summed E-state index contributed by atoms with van der Waals surface area (Å²) in [6.07, 6.45) is 1.75. The van der Waals surface area contributed by atoms with E-state index in [0.717, 1.165) is 5.56 Å². The molecular weight excluding hydrogens is 290 g/mol. The van der Waals surface area contributed by atoms with Crippen LogP contribution in [0.25, 0.3) is 0 Å². The molecule has 1 aromatic carbocycles. The molecule has 0 unspecified atom stereocenters. The highest BCUT2D eigenvalue weighted by Crippen LogP contribution is 2.17. The van der Waals surface area contributed by atoms with Crippen molar-refractivity contribution in [1.82, 2.24) is 10.2 Å². The van der Waals surface area contributed by atoms with Crippen molar-refractivity contribution in [3.8, 4) is 11.8 Å². The molecule has 110 valence electrons. The lowest BCUT2D eigenvalue weighted by molar-refractivity contribution is 0.305. The molecule has 0 radical (unpaired) electrons. The molecule has 0 aliphatic rings. The van der Waals surface area contributed by atoms with Crippen LogP contribution in [0.4, 0.5) is 5.69 Å². The Kier molecular flexibility index (Phi) is 4.62. The highest BCUT2D eigenvalue weighted by atomic mass is 32.2. The minimum atomic E-state index is -3.68. The fourth-order valence-electron chi connectivity index (χ4n) is 1.74. The fourth-order valence-corrected chi connectivity index (χ4v) is 2.69. The van der Waals surface area contributed by atoms with Gasteiger partial charge in [0, 0.05) is 12.0 Å². The smallest absolute Gasteiger partial charge is 0.278 e. The van der Waals surface area contributed by atoms with Gasteiger partial charge in [0.1, 0.15) is 0 Å². The number of rotatable bonds is 4. The summed E-state index contributed by atoms with van der Waals surface area (Å²) in [5.74, 6) is 5.69. The number of aliphatic hydroxyl groups is 1. The highest BCUT2D eigenvalue weighted by molar-refractivity contribution is 7.92. The Bertz CT molecular complexity index is 772. The topological polar surface area (TPSA) is 95.1 Å². The van der Waals surface area contributed by atoms with Crippen LogP contribution in [0, 0.1) is 18.8 Å².